The monoisotopic (exact) mass is 282 g/mol. The van der Waals surface area contributed by atoms with Crippen LogP contribution in [0.3, 0.4) is 0 Å². The first-order chi connectivity index (χ1) is 9.48. The van der Waals surface area contributed by atoms with Crippen molar-refractivity contribution in [2.24, 2.45) is 0 Å². The van der Waals surface area contributed by atoms with Crippen LogP contribution in [0.15, 0.2) is 12.5 Å². The van der Waals surface area contributed by atoms with Crippen molar-refractivity contribution in [2.45, 2.75) is 18.9 Å². The maximum Gasteiger partial charge on any atom is 0.329 e. The molecule has 8 heteroatoms. The lowest BCUT2D eigenvalue weighted by Crippen LogP contribution is -2.65. The molecule has 2 heterocycles. The summed E-state index contributed by atoms with van der Waals surface area (Å²) < 4.78 is 5.24. The van der Waals surface area contributed by atoms with Gasteiger partial charge in [-0.1, -0.05) is 0 Å². The highest BCUT2D eigenvalue weighted by Crippen LogP contribution is 2.24. The zero-order chi connectivity index (χ0) is 14.6. The summed E-state index contributed by atoms with van der Waals surface area (Å²) in [6.45, 7) is 2.77. The number of carbonyl (C=O) groups excluding carboxylic acids is 1. The lowest BCUT2D eigenvalue weighted by molar-refractivity contribution is -0.159. The van der Waals surface area contributed by atoms with Gasteiger partial charge in [-0.05, 0) is 6.92 Å². The minimum atomic E-state index is -1.01. The number of aliphatic carboxylic acids is 1. The number of rotatable bonds is 6. The maximum absolute atomic E-state index is 11.8. The van der Waals surface area contributed by atoms with Crippen LogP contribution in [0, 0.1) is 0 Å². The minimum absolute atomic E-state index is 0.166. The molecule has 1 aliphatic rings. The lowest BCUT2D eigenvalue weighted by Gasteiger charge is -2.46. The molecule has 0 saturated carbocycles. The fourth-order valence-corrected chi connectivity index (χ4v) is 2.07. The Labute approximate surface area is 116 Å². The molecule has 0 aromatic carbocycles. The number of carboxylic acids is 1. The van der Waals surface area contributed by atoms with Crippen molar-refractivity contribution < 1.29 is 19.4 Å². The molecule has 0 radical (unpaired) electrons. The molecule has 2 rings (SSSR count). The third-order valence-electron chi connectivity index (χ3n) is 3.11. The minimum Gasteiger partial charge on any atom is -0.480 e. The molecule has 0 atom stereocenters. The van der Waals surface area contributed by atoms with Gasteiger partial charge in [0.25, 0.3) is 0 Å². The molecule has 8 nitrogen and oxygen atoms in total. The lowest BCUT2D eigenvalue weighted by atomic mass is 9.97. The van der Waals surface area contributed by atoms with Crippen molar-refractivity contribution in [1.82, 2.24) is 20.2 Å². The van der Waals surface area contributed by atoms with E-state index in [4.69, 9.17) is 9.84 Å². The van der Waals surface area contributed by atoms with Crippen LogP contribution in [0.1, 0.15) is 12.6 Å². The van der Waals surface area contributed by atoms with Crippen molar-refractivity contribution in [3.05, 3.63) is 18.2 Å². The Hall–Kier alpha value is -2.09. The van der Waals surface area contributed by atoms with Crippen molar-refractivity contribution in [3.8, 4) is 0 Å². The van der Waals surface area contributed by atoms with Gasteiger partial charge < -0.3 is 25.0 Å². The van der Waals surface area contributed by atoms with Crippen LogP contribution in [0.5, 0.6) is 0 Å². The van der Waals surface area contributed by atoms with E-state index in [1.54, 1.807) is 24.3 Å². The number of ether oxygens (including phenoxy) is 1. The number of likely N-dealkylation sites (tertiary alicyclic amines) is 1. The van der Waals surface area contributed by atoms with Crippen LogP contribution in [-0.4, -0.2) is 63.8 Å². The summed E-state index contributed by atoms with van der Waals surface area (Å²) in [5.74, 6) is -1.01. The van der Waals surface area contributed by atoms with Crippen LogP contribution in [-0.2, 0) is 16.0 Å². The van der Waals surface area contributed by atoms with Crippen LogP contribution in [0.25, 0.3) is 0 Å². The van der Waals surface area contributed by atoms with Gasteiger partial charge in [0.15, 0.2) is 0 Å². The van der Waals surface area contributed by atoms with E-state index in [0.29, 0.717) is 26.1 Å². The Kier molecular flexibility index (Phi) is 4.23. The van der Waals surface area contributed by atoms with Gasteiger partial charge in [0.2, 0.25) is 0 Å². The second kappa shape index (κ2) is 5.91. The molecule has 1 aromatic rings. The molecule has 1 saturated heterocycles. The smallest absolute Gasteiger partial charge is 0.329 e. The number of carboxylic acid groups (broad SMARTS) is 1. The molecule has 0 aliphatic carbocycles. The number of nitrogens with one attached hydrogen (secondary N) is 2. The molecule has 1 aliphatic heterocycles. The summed E-state index contributed by atoms with van der Waals surface area (Å²) in [5.41, 5.74) is 0.405. The molecule has 0 spiro atoms. The van der Waals surface area contributed by atoms with Crippen molar-refractivity contribution in [2.75, 3.05) is 26.2 Å². The normalized spacial score (nSPS) is 16.6. The Bertz CT molecular complexity index is 468. The van der Waals surface area contributed by atoms with E-state index >= 15 is 0 Å². The average molecular weight is 282 g/mol. The van der Waals surface area contributed by atoms with E-state index < -0.39 is 11.6 Å². The summed E-state index contributed by atoms with van der Waals surface area (Å²) in [4.78, 5) is 30.7. The second-order valence-corrected chi connectivity index (χ2v) is 5.05. The number of hydrogen-bond acceptors (Lipinski definition) is 4. The first kappa shape index (κ1) is 14.3. The Morgan fingerprint density at radius 1 is 1.60 bits per heavy atom. The summed E-state index contributed by atoms with van der Waals surface area (Å²) in [6.07, 6.45) is 4.00. The summed E-state index contributed by atoms with van der Waals surface area (Å²) in [5, 5.41) is 11.3. The quantitative estimate of drug-likeness (QED) is 0.672. The van der Waals surface area contributed by atoms with E-state index in [1.165, 1.54) is 0 Å². The number of aromatic nitrogens is 2. The summed E-state index contributed by atoms with van der Waals surface area (Å²) >= 11 is 0. The Morgan fingerprint density at radius 2 is 2.35 bits per heavy atom. The number of hydrogen-bond donors (Lipinski definition) is 3. The third-order valence-corrected chi connectivity index (χ3v) is 3.11. The first-order valence-electron chi connectivity index (χ1n) is 6.34. The SMILES string of the molecule is CC1(OCC(=O)O)CN(C(=O)NCCc2cnc[nH]2)C1. The first-order valence-corrected chi connectivity index (χ1v) is 6.34. The number of amides is 2. The Morgan fingerprint density at radius 3 is 2.95 bits per heavy atom. The number of imidazole rings is 1. The van der Waals surface area contributed by atoms with Crippen molar-refractivity contribution in [3.63, 3.8) is 0 Å². The Balaban J connectivity index is 1.64. The molecule has 2 amide bonds. The fraction of sp³-hybridized carbons (Fsp3) is 0.583. The van der Waals surface area contributed by atoms with Crippen molar-refractivity contribution >= 4 is 12.0 Å². The predicted octanol–water partition coefficient (Wildman–Crippen LogP) is -0.163. The van der Waals surface area contributed by atoms with Gasteiger partial charge in [-0.25, -0.2) is 14.6 Å². The van der Waals surface area contributed by atoms with Gasteiger partial charge in [0, 0.05) is 24.9 Å². The van der Waals surface area contributed by atoms with Gasteiger partial charge in [-0.3, -0.25) is 0 Å². The number of H-pyrrole nitrogens is 1. The van der Waals surface area contributed by atoms with Crippen molar-refractivity contribution in [1.29, 1.82) is 0 Å². The molecule has 110 valence electrons. The molecule has 1 aromatic heterocycles. The molecule has 3 N–H and O–H groups in total. The average Bonchev–Trinajstić information content (AvgIpc) is 2.86. The number of aromatic amines is 1. The van der Waals surface area contributed by atoms with Crippen LogP contribution >= 0.6 is 0 Å². The van der Waals surface area contributed by atoms with E-state index in [0.717, 1.165) is 5.69 Å². The van der Waals surface area contributed by atoms with E-state index in [2.05, 4.69) is 15.3 Å². The standard InChI is InChI=1S/C12H18N4O4/c1-12(20-5-10(17)18)6-16(7-12)11(19)14-3-2-9-4-13-8-15-9/h4,8H,2-3,5-7H2,1H3,(H,13,15)(H,14,19)(H,17,18). The summed E-state index contributed by atoms with van der Waals surface area (Å²) in [7, 11) is 0. The van der Waals surface area contributed by atoms with Gasteiger partial charge in [-0.15, -0.1) is 0 Å². The number of carbonyl (C=O) groups is 2. The van der Waals surface area contributed by atoms with Crippen LogP contribution in [0.2, 0.25) is 0 Å². The molecule has 20 heavy (non-hydrogen) atoms. The van der Waals surface area contributed by atoms with Gasteiger partial charge in [0.1, 0.15) is 12.2 Å². The molecule has 0 unspecified atom stereocenters. The third kappa shape index (κ3) is 3.70. The molecular weight excluding hydrogens is 264 g/mol. The number of nitrogens with zero attached hydrogens (tertiary/aromatic N) is 2. The molecular formula is C12H18N4O4. The highest BCUT2D eigenvalue weighted by atomic mass is 16.5. The number of urea groups is 1. The van der Waals surface area contributed by atoms with E-state index in [-0.39, 0.29) is 12.6 Å². The predicted molar refractivity (Wildman–Crippen MR) is 69.3 cm³/mol. The molecule has 0 bridgehead atoms. The van der Waals surface area contributed by atoms with Gasteiger partial charge in [0.05, 0.1) is 19.4 Å². The second-order valence-electron chi connectivity index (χ2n) is 5.05. The van der Waals surface area contributed by atoms with Crippen LogP contribution < -0.4 is 5.32 Å². The zero-order valence-electron chi connectivity index (χ0n) is 11.3. The van der Waals surface area contributed by atoms with E-state index in [9.17, 15) is 9.59 Å². The summed E-state index contributed by atoms with van der Waals surface area (Å²) in [6, 6.07) is -0.166. The van der Waals surface area contributed by atoms with Gasteiger partial charge >= 0.3 is 12.0 Å². The largest absolute Gasteiger partial charge is 0.480 e. The van der Waals surface area contributed by atoms with E-state index in [1.807, 2.05) is 0 Å². The topological polar surface area (TPSA) is 108 Å². The van der Waals surface area contributed by atoms with Crippen LogP contribution in [0.4, 0.5) is 4.79 Å². The highest BCUT2D eigenvalue weighted by Gasteiger charge is 2.42. The zero-order valence-corrected chi connectivity index (χ0v) is 11.3. The maximum atomic E-state index is 11.8. The highest BCUT2D eigenvalue weighted by molar-refractivity contribution is 5.75. The van der Waals surface area contributed by atoms with Gasteiger partial charge in [-0.2, -0.15) is 0 Å². The molecule has 1 fully saturated rings. The fourth-order valence-electron chi connectivity index (χ4n) is 2.07.